The number of ether oxygens (including phenoxy) is 1. The van der Waals surface area contributed by atoms with Crippen LogP contribution in [0.5, 0.6) is 5.75 Å². The van der Waals surface area contributed by atoms with Gasteiger partial charge in [-0.15, -0.1) is 0 Å². The van der Waals surface area contributed by atoms with Crippen LogP contribution in [0.3, 0.4) is 0 Å². The quantitative estimate of drug-likeness (QED) is 0.820. The summed E-state index contributed by atoms with van der Waals surface area (Å²) in [6, 6.07) is 17.1. The van der Waals surface area contributed by atoms with E-state index in [2.05, 4.69) is 0 Å². The van der Waals surface area contributed by atoms with Gasteiger partial charge < -0.3 is 15.6 Å². The standard InChI is InChI=1S/C17H19NO3/c18-15(11-17(19)20)10-14-8-4-5-9-16(14)21-12-13-6-2-1-3-7-13/h1-9,15H,10-12,18H2,(H,19,20). The highest BCUT2D eigenvalue weighted by molar-refractivity contribution is 5.67. The zero-order valence-electron chi connectivity index (χ0n) is 11.7. The van der Waals surface area contributed by atoms with Gasteiger partial charge in [-0.05, 0) is 23.6 Å². The summed E-state index contributed by atoms with van der Waals surface area (Å²) in [5, 5.41) is 8.77. The monoisotopic (exact) mass is 285 g/mol. The first-order chi connectivity index (χ1) is 10.1. The Morgan fingerprint density at radius 2 is 1.76 bits per heavy atom. The van der Waals surface area contributed by atoms with Gasteiger partial charge in [-0.25, -0.2) is 0 Å². The fourth-order valence-corrected chi connectivity index (χ4v) is 2.13. The summed E-state index contributed by atoms with van der Waals surface area (Å²) in [6.07, 6.45) is 0.435. The Hall–Kier alpha value is -2.33. The maximum Gasteiger partial charge on any atom is 0.304 e. The van der Waals surface area contributed by atoms with Gasteiger partial charge in [-0.1, -0.05) is 48.5 Å². The van der Waals surface area contributed by atoms with Crippen molar-refractivity contribution in [3.8, 4) is 5.75 Å². The van der Waals surface area contributed by atoms with Crippen molar-refractivity contribution in [2.24, 2.45) is 5.73 Å². The lowest BCUT2D eigenvalue weighted by atomic mass is 10.0. The van der Waals surface area contributed by atoms with E-state index in [4.69, 9.17) is 15.6 Å². The molecule has 0 amide bonds. The molecule has 2 aromatic rings. The van der Waals surface area contributed by atoms with E-state index in [0.29, 0.717) is 13.0 Å². The molecule has 110 valence electrons. The molecule has 1 unspecified atom stereocenters. The van der Waals surface area contributed by atoms with Gasteiger partial charge in [0.25, 0.3) is 0 Å². The molecule has 4 heteroatoms. The number of carbonyl (C=O) groups is 1. The molecule has 0 bridgehead atoms. The van der Waals surface area contributed by atoms with Crippen molar-refractivity contribution in [3.63, 3.8) is 0 Å². The van der Waals surface area contributed by atoms with Crippen LogP contribution in [0.25, 0.3) is 0 Å². The van der Waals surface area contributed by atoms with E-state index in [9.17, 15) is 4.79 Å². The highest BCUT2D eigenvalue weighted by Gasteiger charge is 2.12. The molecular weight excluding hydrogens is 266 g/mol. The molecule has 0 heterocycles. The second-order valence-corrected chi connectivity index (χ2v) is 4.94. The summed E-state index contributed by atoms with van der Waals surface area (Å²) in [7, 11) is 0. The van der Waals surface area contributed by atoms with E-state index < -0.39 is 12.0 Å². The van der Waals surface area contributed by atoms with Crippen molar-refractivity contribution in [2.75, 3.05) is 0 Å². The number of carboxylic acid groups (broad SMARTS) is 1. The van der Waals surface area contributed by atoms with Gasteiger partial charge in [0.1, 0.15) is 12.4 Å². The molecule has 0 aliphatic carbocycles. The van der Waals surface area contributed by atoms with Gasteiger partial charge in [-0.2, -0.15) is 0 Å². The summed E-state index contributed by atoms with van der Waals surface area (Å²) in [4.78, 5) is 10.7. The molecule has 0 fully saturated rings. The van der Waals surface area contributed by atoms with E-state index in [-0.39, 0.29) is 6.42 Å². The van der Waals surface area contributed by atoms with Gasteiger partial charge >= 0.3 is 5.97 Å². The third-order valence-corrected chi connectivity index (χ3v) is 3.13. The molecule has 1 atom stereocenters. The van der Waals surface area contributed by atoms with Crippen molar-refractivity contribution in [2.45, 2.75) is 25.5 Å². The van der Waals surface area contributed by atoms with Gasteiger partial charge in [0.05, 0.1) is 6.42 Å². The van der Waals surface area contributed by atoms with Crippen molar-refractivity contribution in [1.82, 2.24) is 0 Å². The molecule has 3 N–H and O–H groups in total. The minimum atomic E-state index is -0.884. The Morgan fingerprint density at radius 1 is 1.10 bits per heavy atom. The Bertz CT molecular complexity index is 584. The summed E-state index contributed by atoms with van der Waals surface area (Å²) in [5.41, 5.74) is 7.86. The zero-order valence-corrected chi connectivity index (χ0v) is 11.7. The van der Waals surface area contributed by atoms with Crippen LogP contribution in [0, 0.1) is 0 Å². The minimum Gasteiger partial charge on any atom is -0.489 e. The molecule has 21 heavy (non-hydrogen) atoms. The van der Waals surface area contributed by atoms with Crippen LogP contribution in [0.1, 0.15) is 17.5 Å². The number of rotatable bonds is 7. The van der Waals surface area contributed by atoms with Crippen molar-refractivity contribution in [3.05, 3.63) is 65.7 Å². The molecule has 4 nitrogen and oxygen atoms in total. The first kappa shape index (κ1) is 15.1. The summed E-state index contributed by atoms with van der Waals surface area (Å²) < 4.78 is 5.83. The van der Waals surface area contributed by atoms with Crippen LogP contribution < -0.4 is 10.5 Å². The number of para-hydroxylation sites is 1. The summed E-state index contributed by atoms with van der Waals surface area (Å²) in [5.74, 6) is -0.132. The van der Waals surface area contributed by atoms with E-state index in [1.807, 2.05) is 54.6 Å². The van der Waals surface area contributed by atoms with Crippen molar-refractivity contribution in [1.29, 1.82) is 0 Å². The van der Waals surface area contributed by atoms with E-state index in [1.165, 1.54) is 0 Å². The van der Waals surface area contributed by atoms with Crippen molar-refractivity contribution < 1.29 is 14.6 Å². The average molecular weight is 285 g/mol. The number of hydrogen-bond acceptors (Lipinski definition) is 3. The third-order valence-electron chi connectivity index (χ3n) is 3.13. The largest absolute Gasteiger partial charge is 0.489 e. The normalized spacial score (nSPS) is 11.9. The number of benzene rings is 2. The van der Waals surface area contributed by atoms with Gasteiger partial charge in [0.15, 0.2) is 0 Å². The average Bonchev–Trinajstić information content (AvgIpc) is 2.46. The maximum absolute atomic E-state index is 10.7. The van der Waals surface area contributed by atoms with Crippen molar-refractivity contribution >= 4 is 5.97 Å². The lowest BCUT2D eigenvalue weighted by Crippen LogP contribution is -2.26. The van der Waals surface area contributed by atoms with E-state index >= 15 is 0 Å². The highest BCUT2D eigenvalue weighted by atomic mass is 16.5. The SMILES string of the molecule is NC(CC(=O)O)Cc1ccccc1OCc1ccccc1. The van der Waals surface area contributed by atoms with Gasteiger partial charge in [0, 0.05) is 6.04 Å². The second kappa shape index (κ2) is 7.45. The minimum absolute atomic E-state index is 0.0486. The Labute approximate surface area is 124 Å². The predicted octanol–water partition coefficient (Wildman–Crippen LogP) is 2.61. The number of aliphatic carboxylic acids is 1. The fourth-order valence-electron chi connectivity index (χ4n) is 2.13. The summed E-state index contributed by atoms with van der Waals surface area (Å²) >= 11 is 0. The molecule has 0 aromatic heterocycles. The number of carboxylic acids is 1. The van der Waals surface area contributed by atoms with Crippen LogP contribution in [-0.4, -0.2) is 17.1 Å². The Kier molecular flexibility index (Phi) is 5.35. The molecular formula is C17H19NO3. The predicted molar refractivity (Wildman–Crippen MR) is 81.1 cm³/mol. The van der Waals surface area contributed by atoms with Crippen LogP contribution >= 0.6 is 0 Å². The first-order valence-electron chi connectivity index (χ1n) is 6.87. The zero-order chi connectivity index (χ0) is 15.1. The molecule has 2 aromatic carbocycles. The van der Waals surface area contributed by atoms with Gasteiger partial charge in [0.2, 0.25) is 0 Å². The first-order valence-corrected chi connectivity index (χ1v) is 6.87. The topological polar surface area (TPSA) is 72.6 Å². The molecule has 0 aliphatic rings. The highest BCUT2D eigenvalue weighted by Crippen LogP contribution is 2.21. The molecule has 0 saturated heterocycles. The summed E-state index contributed by atoms with van der Waals surface area (Å²) in [6.45, 7) is 0.478. The molecule has 2 rings (SSSR count). The Morgan fingerprint density at radius 3 is 2.48 bits per heavy atom. The maximum atomic E-state index is 10.7. The lowest BCUT2D eigenvalue weighted by Gasteiger charge is -2.14. The fraction of sp³-hybridized carbons (Fsp3) is 0.235. The second-order valence-electron chi connectivity index (χ2n) is 4.94. The Balaban J connectivity index is 2.01. The molecule has 0 spiro atoms. The molecule has 0 aliphatic heterocycles. The van der Waals surface area contributed by atoms with E-state index in [0.717, 1.165) is 16.9 Å². The molecule has 0 radical (unpaired) electrons. The molecule has 0 saturated carbocycles. The van der Waals surface area contributed by atoms with E-state index in [1.54, 1.807) is 0 Å². The lowest BCUT2D eigenvalue weighted by molar-refractivity contribution is -0.137. The third kappa shape index (κ3) is 4.93. The number of hydrogen-bond donors (Lipinski definition) is 2. The smallest absolute Gasteiger partial charge is 0.304 e. The van der Waals surface area contributed by atoms with Crippen LogP contribution in [-0.2, 0) is 17.8 Å². The van der Waals surface area contributed by atoms with Crippen LogP contribution in [0.15, 0.2) is 54.6 Å². The van der Waals surface area contributed by atoms with Crippen LogP contribution in [0.4, 0.5) is 0 Å². The van der Waals surface area contributed by atoms with Gasteiger partial charge in [-0.3, -0.25) is 4.79 Å². The van der Waals surface area contributed by atoms with Crippen LogP contribution in [0.2, 0.25) is 0 Å². The number of nitrogens with two attached hydrogens (primary N) is 1.